The molecule has 0 aliphatic carbocycles. The molecule has 116 valence electrons. The number of rotatable bonds is 4. The van der Waals surface area contributed by atoms with E-state index in [9.17, 15) is 9.18 Å². The highest BCUT2D eigenvalue weighted by atomic mass is 35.5. The molecule has 0 radical (unpaired) electrons. The summed E-state index contributed by atoms with van der Waals surface area (Å²) < 4.78 is 18.3. The number of piperazine rings is 1. The summed E-state index contributed by atoms with van der Waals surface area (Å²) in [5.41, 5.74) is 0. The van der Waals surface area contributed by atoms with Gasteiger partial charge in [-0.15, -0.1) is 0 Å². The molecule has 0 aromatic heterocycles. The smallest absolute Gasteiger partial charge is 0.317 e. The van der Waals surface area contributed by atoms with E-state index in [1.807, 2.05) is 7.05 Å². The normalized spacial score (nSPS) is 15.9. The second-order valence-corrected chi connectivity index (χ2v) is 5.35. The van der Waals surface area contributed by atoms with Crippen LogP contribution in [-0.4, -0.2) is 62.2 Å². The second-order valence-electron chi connectivity index (χ2n) is 4.95. The number of amides is 2. The lowest BCUT2D eigenvalue weighted by Gasteiger charge is -2.32. The molecule has 1 aromatic rings. The van der Waals surface area contributed by atoms with Gasteiger partial charge in [0.1, 0.15) is 18.2 Å². The van der Waals surface area contributed by atoms with Crippen molar-refractivity contribution < 1.29 is 13.9 Å². The van der Waals surface area contributed by atoms with Crippen molar-refractivity contribution in [2.24, 2.45) is 0 Å². The zero-order valence-corrected chi connectivity index (χ0v) is 12.7. The summed E-state index contributed by atoms with van der Waals surface area (Å²) >= 11 is 5.84. The monoisotopic (exact) mass is 315 g/mol. The van der Waals surface area contributed by atoms with Crippen LogP contribution in [0.2, 0.25) is 5.02 Å². The van der Waals surface area contributed by atoms with Crippen molar-refractivity contribution in [1.82, 2.24) is 15.1 Å². The third kappa shape index (κ3) is 4.75. The summed E-state index contributed by atoms with van der Waals surface area (Å²) in [4.78, 5) is 15.9. The van der Waals surface area contributed by atoms with Gasteiger partial charge in [0.25, 0.3) is 0 Å². The molecule has 2 rings (SSSR count). The quantitative estimate of drug-likeness (QED) is 0.862. The van der Waals surface area contributed by atoms with Crippen LogP contribution in [0, 0.1) is 5.82 Å². The number of carbonyl (C=O) groups excluding carboxylic acids is 1. The third-order valence-electron chi connectivity index (χ3n) is 3.32. The van der Waals surface area contributed by atoms with Gasteiger partial charge in [-0.25, -0.2) is 9.18 Å². The summed E-state index contributed by atoms with van der Waals surface area (Å²) in [5, 5.41) is 3.02. The van der Waals surface area contributed by atoms with Gasteiger partial charge < -0.3 is 19.9 Å². The van der Waals surface area contributed by atoms with Crippen molar-refractivity contribution in [2.45, 2.75) is 0 Å². The number of ether oxygens (including phenoxy) is 1. The number of hydrogen-bond donors (Lipinski definition) is 1. The van der Waals surface area contributed by atoms with E-state index in [0.717, 1.165) is 26.2 Å². The highest BCUT2D eigenvalue weighted by Crippen LogP contribution is 2.24. The van der Waals surface area contributed by atoms with E-state index in [4.69, 9.17) is 16.3 Å². The first-order valence-electron chi connectivity index (χ1n) is 6.85. The van der Waals surface area contributed by atoms with Gasteiger partial charge in [0.2, 0.25) is 0 Å². The maximum absolute atomic E-state index is 12.9. The molecule has 1 heterocycles. The number of nitrogens with zero attached hydrogens (tertiary/aromatic N) is 2. The van der Waals surface area contributed by atoms with Crippen LogP contribution in [0.3, 0.4) is 0 Å². The van der Waals surface area contributed by atoms with Crippen LogP contribution in [0.25, 0.3) is 0 Å². The zero-order chi connectivity index (χ0) is 15.2. The number of nitrogens with one attached hydrogen (secondary N) is 1. The summed E-state index contributed by atoms with van der Waals surface area (Å²) in [6, 6.07) is 3.86. The lowest BCUT2D eigenvalue weighted by Crippen LogP contribution is -2.51. The van der Waals surface area contributed by atoms with Crippen LogP contribution in [0.5, 0.6) is 5.75 Å². The molecule has 21 heavy (non-hydrogen) atoms. The molecular formula is C14H19ClFN3O2. The minimum absolute atomic E-state index is 0.0862. The van der Waals surface area contributed by atoms with Gasteiger partial charge in [-0.3, -0.25) is 0 Å². The Morgan fingerprint density at radius 3 is 2.76 bits per heavy atom. The van der Waals surface area contributed by atoms with Crippen LogP contribution in [0.4, 0.5) is 9.18 Å². The maximum atomic E-state index is 12.9. The maximum Gasteiger partial charge on any atom is 0.317 e. The Bertz CT molecular complexity index is 493. The molecule has 1 aliphatic rings. The highest BCUT2D eigenvalue weighted by Gasteiger charge is 2.18. The minimum atomic E-state index is -0.407. The minimum Gasteiger partial charge on any atom is -0.490 e. The van der Waals surface area contributed by atoms with Gasteiger partial charge in [0.05, 0.1) is 11.6 Å². The third-order valence-corrected chi connectivity index (χ3v) is 3.62. The molecule has 2 amide bonds. The van der Waals surface area contributed by atoms with Crippen LogP contribution >= 0.6 is 11.6 Å². The molecule has 1 fully saturated rings. The number of benzene rings is 1. The fraction of sp³-hybridized carbons (Fsp3) is 0.500. The van der Waals surface area contributed by atoms with E-state index < -0.39 is 5.82 Å². The van der Waals surface area contributed by atoms with Crippen molar-refractivity contribution in [2.75, 3.05) is 46.4 Å². The molecule has 1 aromatic carbocycles. The van der Waals surface area contributed by atoms with Crippen LogP contribution in [0.15, 0.2) is 18.2 Å². The van der Waals surface area contributed by atoms with E-state index in [1.54, 1.807) is 4.90 Å². The molecule has 0 atom stereocenters. The van der Waals surface area contributed by atoms with Crippen molar-refractivity contribution in [3.05, 3.63) is 29.0 Å². The first kappa shape index (κ1) is 15.9. The Kier molecular flexibility index (Phi) is 5.64. The summed E-state index contributed by atoms with van der Waals surface area (Å²) in [7, 11) is 2.04. The van der Waals surface area contributed by atoms with E-state index in [0.29, 0.717) is 12.3 Å². The Morgan fingerprint density at radius 1 is 1.38 bits per heavy atom. The molecule has 0 unspecified atom stereocenters. The zero-order valence-electron chi connectivity index (χ0n) is 11.9. The molecular weight excluding hydrogens is 297 g/mol. The lowest BCUT2D eigenvalue weighted by molar-refractivity contribution is 0.153. The van der Waals surface area contributed by atoms with E-state index in [1.165, 1.54) is 18.2 Å². The molecule has 1 saturated heterocycles. The number of carbonyl (C=O) groups is 1. The molecule has 1 aliphatic heterocycles. The van der Waals surface area contributed by atoms with Gasteiger partial charge in [0, 0.05) is 26.2 Å². The van der Waals surface area contributed by atoms with E-state index >= 15 is 0 Å². The Labute approximate surface area is 128 Å². The molecule has 0 bridgehead atoms. The van der Waals surface area contributed by atoms with Crippen LogP contribution < -0.4 is 10.1 Å². The van der Waals surface area contributed by atoms with Crippen molar-refractivity contribution >= 4 is 17.6 Å². The first-order chi connectivity index (χ1) is 10.1. The standard InChI is InChI=1S/C14H19ClFN3O2/c1-18-5-7-19(8-6-18)14(20)17-4-9-21-13-3-2-11(16)10-12(13)15/h2-3,10H,4-9H2,1H3,(H,17,20). The summed E-state index contributed by atoms with van der Waals surface area (Å²) in [6.07, 6.45) is 0. The molecule has 0 saturated carbocycles. The first-order valence-corrected chi connectivity index (χ1v) is 7.23. The topological polar surface area (TPSA) is 44.8 Å². The molecule has 0 spiro atoms. The van der Waals surface area contributed by atoms with Crippen LogP contribution in [0.1, 0.15) is 0 Å². The fourth-order valence-electron chi connectivity index (χ4n) is 2.03. The van der Waals surface area contributed by atoms with Crippen LogP contribution in [-0.2, 0) is 0 Å². The number of urea groups is 1. The molecule has 5 nitrogen and oxygen atoms in total. The largest absolute Gasteiger partial charge is 0.490 e. The number of likely N-dealkylation sites (N-methyl/N-ethyl adjacent to an activating group) is 1. The Balaban J connectivity index is 1.68. The fourth-order valence-corrected chi connectivity index (χ4v) is 2.25. The SMILES string of the molecule is CN1CCN(C(=O)NCCOc2ccc(F)cc2Cl)CC1. The second kappa shape index (κ2) is 7.47. The molecule has 7 heteroatoms. The molecule has 1 N–H and O–H groups in total. The highest BCUT2D eigenvalue weighted by molar-refractivity contribution is 6.32. The van der Waals surface area contributed by atoms with Gasteiger partial charge >= 0.3 is 6.03 Å². The summed E-state index contributed by atoms with van der Waals surface area (Å²) in [6.45, 7) is 3.88. The van der Waals surface area contributed by atoms with Gasteiger partial charge in [-0.1, -0.05) is 11.6 Å². The number of halogens is 2. The predicted molar refractivity (Wildman–Crippen MR) is 79.4 cm³/mol. The number of hydrogen-bond acceptors (Lipinski definition) is 3. The summed E-state index contributed by atoms with van der Waals surface area (Å²) in [5.74, 6) is 0.00244. The Hall–Kier alpha value is -1.53. The lowest BCUT2D eigenvalue weighted by atomic mass is 10.3. The average Bonchev–Trinajstić information content (AvgIpc) is 2.46. The van der Waals surface area contributed by atoms with E-state index in [2.05, 4.69) is 10.2 Å². The van der Waals surface area contributed by atoms with E-state index in [-0.39, 0.29) is 17.7 Å². The van der Waals surface area contributed by atoms with Gasteiger partial charge in [-0.05, 0) is 25.2 Å². The van der Waals surface area contributed by atoms with Crippen molar-refractivity contribution in [1.29, 1.82) is 0 Å². The predicted octanol–water partition coefficient (Wildman–Crippen LogP) is 1.81. The average molecular weight is 316 g/mol. The Morgan fingerprint density at radius 2 is 2.10 bits per heavy atom. The van der Waals surface area contributed by atoms with Gasteiger partial charge in [0.15, 0.2) is 0 Å². The van der Waals surface area contributed by atoms with Crippen molar-refractivity contribution in [3.63, 3.8) is 0 Å². The van der Waals surface area contributed by atoms with Gasteiger partial charge in [-0.2, -0.15) is 0 Å². The van der Waals surface area contributed by atoms with Crippen molar-refractivity contribution in [3.8, 4) is 5.75 Å².